The monoisotopic (exact) mass is 324 g/mol. The van der Waals surface area contributed by atoms with Crippen LogP contribution in [0, 0.1) is 11.3 Å². The van der Waals surface area contributed by atoms with E-state index in [4.69, 9.17) is 9.16 Å². The van der Waals surface area contributed by atoms with Gasteiger partial charge in [0.15, 0.2) is 8.32 Å². The Balaban J connectivity index is 2.27. The smallest absolute Gasteiger partial charge is 0.302 e. The number of fused-ring (bicyclic) bond motifs is 1. The first-order chi connectivity index (χ1) is 10.2. The molecule has 0 N–H and O–H groups in total. The number of hydrogen-bond donors (Lipinski definition) is 0. The van der Waals surface area contributed by atoms with E-state index in [-0.39, 0.29) is 24.1 Å². The molecule has 5 heteroatoms. The van der Waals surface area contributed by atoms with Crippen LogP contribution in [0.15, 0.2) is 12.2 Å². The number of aldehydes is 1. The van der Waals surface area contributed by atoms with Crippen molar-refractivity contribution >= 4 is 20.6 Å². The fourth-order valence-electron chi connectivity index (χ4n) is 4.13. The Morgan fingerprint density at radius 3 is 2.59 bits per heavy atom. The van der Waals surface area contributed by atoms with Gasteiger partial charge in [-0.15, -0.1) is 0 Å². The molecule has 2 aliphatic carbocycles. The van der Waals surface area contributed by atoms with E-state index in [1.165, 1.54) is 6.92 Å². The topological polar surface area (TPSA) is 52.6 Å². The van der Waals surface area contributed by atoms with Crippen LogP contribution in [0.4, 0.5) is 0 Å². The minimum absolute atomic E-state index is 0.0683. The molecule has 0 aliphatic heterocycles. The highest BCUT2D eigenvalue weighted by Crippen LogP contribution is 2.53. The average molecular weight is 324 g/mol. The van der Waals surface area contributed by atoms with E-state index in [0.717, 1.165) is 37.5 Å². The summed E-state index contributed by atoms with van der Waals surface area (Å²) in [6.45, 7) is 12.1. The first kappa shape index (κ1) is 17.4. The summed E-state index contributed by atoms with van der Waals surface area (Å²) in [5.74, 6) is -0.0900. The fourth-order valence-corrected chi connectivity index (χ4v) is 5.30. The number of esters is 1. The first-order valence-electron chi connectivity index (χ1n) is 8.18. The Morgan fingerprint density at radius 1 is 1.36 bits per heavy atom. The van der Waals surface area contributed by atoms with Crippen molar-refractivity contribution < 1.29 is 18.8 Å². The van der Waals surface area contributed by atoms with Crippen molar-refractivity contribution in [2.24, 2.45) is 11.3 Å². The lowest BCUT2D eigenvalue weighted by Gasteiger charge is -2.52. The molecule has 22 heavy (non-hydrogen) atoms. The second-order valence-electron chi connectivity index (χ2n) is 7.67. The third-order valence-corrected chi connectivity index (χ3v) is 5.88. The zero-order chi connectivity index (χ0) is 16.5. The Kier molecular flexibility index (Phi) is 4.97. The average Bonchev–Trinajstić information content (AvgIpc) is 2.36. The predicted octanol–water partition coefficient (Wildman–Crippen LogP) is 3.47. The second-order valence-corrected chi connectivity index (χ2v) is 12.1. The largest absolute Gasteiger partial charge is 0.462 e. The molecule has 4 atom stereocenters. The Bertz CT molecular complexity index is 468. The molecule has 0 amide bonds. The molecule has 2 rings (SSSR count). The fraction of sp³-hybridized carbons (Fsp3) is 0.765. The number of carbonyl (C=O) groups excluding carboxylic acids is 2. The summed E-state index contributed by atoms with van der Waals surface area (Å²) in [7, 11) is -1.74. The van der Waals surface area contributed by atoms with Gasteiger partial charge in [-0.1, -0.05) is 18.6 Å². The molecule has 0 aromatic rings. The maximum atomic E-state index is 12.1. The normalized spacial score (nSPS) is 35.6. The SMILES string of the molecule is C=C1C[C@H](OC(C)=O)C[C@@H]2CCC[C@H](O[Si](C)(C)C)[C@@]12C=O. The number of ether oxygens (including phenoxy) is 1. The summed E-state index contributed by atoms with van der Waals surface area (Å²) in [5.41, 5.74) is 0.294. The maximum Gasteiger partial charge on any atom is 0.302 e. The molecule has 0 radical (unpaired) electrons. The van der Waals surface area contributed by atoms with E-state index in [1.54, 1.807) is 0 Å². The highest BCUT2D eigenvalue weighted by atomic mass is 28.4. The molecule has 0 saturated heterocycles. The van der Waals surface area contributed by atoms with Gasteiger partial charge in [-0.05, 0) is 44.8 Å². The van der Waals surface area contributed by atoms with E-state index >= 15 is 0 Å². The summed E-state index contributed by atoms with van der Waals surface area (Å²) < 4.78 is 11.8. The highest BCUT2D eigenvalue weighted by Gasteiger charge is 2.54. The number of rotatable bonds is 4. The van der Waals surface area contributed by atoms with Gasteiger partial charge in [-0.3, -0.25) is 4.79 Å². The van der Waals surface area contributed by atoms with Gasteiger partial charge in [0.1, 0.15) is 12.4 Å². The molecule has 2 aliphatic rings. The van der Waals surface area contributed by atoms with Crippen LogP contribution in [0.1, 0.15) is 39.0 Å². The van der Waals surface area contributed by atoms with E-state index in [0.29, 0.717) is 6.42 Å². The van der Waals surface area contributed by atoms with Crippen molar-refractivity contribution in [1.29, 1.82) is 0 Å². The standard InChI is InChI=1S/C17H28O4Si/c1-12-9-15(20-13(2)19)10-14-7-6-8-16(17(12,14)11-18)21-22(3,4)5/h11,14-16H,1,6-10H2,2-5H3/t14-,15-,16-,17-/m0/s1. The summed E-state index contributed by atoms with van der Waals surface area (Å²) in [6.07, 6.45) is 5.11. The first-order valence-corrected chi connectivity index (χ1v) is 11.6. The lowest BCUT2D eigenvalue weighted by Crippen LogP contribution is -2.55. The molecule has 124 valence electrons. The van der Waals surface area contributed by atoms with Gasteiger partial charge in [0.25, 0.3) is 0 Å². The van der Waals surface area contributed by atoms with Crippen LogP contribution in [0.5, 0.6) is 0 Å². The number of carbonyl (C=O) groups is 2. The van der Waals surface area contributed by atoms with Gasteiger partial charge < -0.3 is 14.0 Å². The second kappa shape index (κ2) is 6.28. The molecule has 0 heterocycles. The lowest BCUT2D eigenvalue weighted by atomic mass is 9.56. The van der Waals surface area contributed by atoms with E-state index in [1.807, 2.05) is 0 Å². The van der Waals surface area contributed by atoms with Gasteiger partial charge in [0.05, 0.1) is 11.5 Å². The van der Waals surface area contributed by atoms with Crippen molar-refractivity contribution in [3.05, 3.63) is 12.2 Å². The summed E-state index contributed by atoms with van der Waals surface area (Å²) in [6, 6.07) is 0. The van der Waals surface area contributed by atoms with Crippen molar-refractivity contribution in [2.45, 2.75) is 70.9 Å². The van der Waals surface area contributed by atoms with Crippen LogP contribution in [0.3, 0.4) is 0 Å². The molecule has 0 aromatic heterocycles. The lowest BCUT2D eigenvalue weighted by molar-refractivity contribution is -0.152. The third kappa shape index (κ3) is 3.35. The molecule has 2 fully saturated rings. The molecule has 4 nitrogen and oxygen atoms in total. The van der Waals surface area contributed by atoms with E-state index in [2.05, 4.69) is 26.2 Å². The van der Waals surface area contributed by atoms with Crippen LogP contribution in [-0.2, 0) is 18.8 Å². The predicted molar refractivity (Wildman–Crippen MR) is 88.0 cm³/mol. The molecule has 0 spiro atoms. The quantitative estimate of drug-likeness (QED) is 0.344. The molecule has 0 unspecified atom stereocenters. The summed E-state index contributed by atoms with van der Waals surface area (Å²) in [5, 5.41) is 0. The number of hydrogen-bond acceptors (Lipinski definition) is 4. The van der Waals surface area contributed by atoms with Crippen LogP contribution in [0.25, 0.3) is 0 Å². The third-order valence-electron chi connectivity index (χ3n) is 4.88. The molecule has 0 bridgehead atoms. The van der Waals surface area contributed by atoms with Crippen molar-refractivity contribution in [3.63, 3.8) is 0 Å². The van der Waals surface area contributed by atoms with Crippen molar-refractivity contribution in [1.82, 2.24) is 0 Å². The molecule has 0 aromatic carbocycles. The maximum absolute atomic E-state index is 12.1. The van der Waals surface area contributed by atoms with Gasteiger partial charge in [-0.25, -0.2) is 0 Å². The molecular formula is C17H28O4Si. The minimum Gasteiger partial charge on any atom is -0.462 e. The van der Waals surface area contributed by atoms with E-state index in [9.17, 15) is 9.59 Å². The summed E-state index contributed by atoms with van der Waals surface area (Å²) >= 11 is 0. The van der Waals surface area contributed by atoms with E-state index < -0.39 is 13.7 Å². The Morgan fingerprint density at radius 2 is 2.05 bits per heavy atom. The van der Waals surface area contributed by atoms with Gasteiger partial charge in [0.2, 0.25) is 0 Å². The zero-order valence-electron chi connectivity index (χ0n) is 14.2. The Hall–Kier alpha value is -0.943. The zero-order valence-corrected chi connectivity index (χ0v) is 15.2. The highest BCUT2D eigenvalue weighted by molar-refractivity contribution is 6.69. The van der Waals surface area contributed by atoms with Crippen LogP contribution in [0.2, 0.25) is 19.6 Å². The summed E-state index contributed by atoms with van der Waals surface area (Å²) in [4.78, 5) is 23.4. The van der Waals surface area contributed by atoms with Gasteiger partial charge in [-0.2, -0.15) is 0 Å². The Labute approximate surface area is 134 Å². The van der Waals surface area contributed by atoms with Crippen molar-refractivity contribution in [3.8, 4) is 0 Å². The van der Waals surface area contributed by atoms with Crippen LogP contribution >= 0.6 is 0 Å². The van der Waals surface area contributed by atoms with Crippen molar-refractivity contribution in [2.75, 3.05) is 0 Å². The van der Waals surface area contributed by atoms with Crippen LogP contribution < -0.4 is 0 Å². The minimum atomic E-state index is -1.74. The van der Waals surface area contributed by atoms with Gasteiger partial charge in [0, 0.05) is 13.3 Å². The molecular weight excluding hydrogens is 296 g/mol. The van der Waals surface area contributed by atoms with Crippen LogP contribution in [-0.4, -0.2) is 32.8 Å². The van der Waals surface area contributed by atoms with Gasteiger partial charge >= 0.3 is 5.97 Å². The molecule has 2 saturated carbocycles.